The highest BCUT2D eigenvalue weighted by Crippen LogP contribution is 2.57. The van der Waals surface area contributed by atoms with Gasteiger partial charge < -0.3 is 10.5 Å². The Kier molecular flexibility index (Phi) is 4.24. The maximum absolute atomic E-state index is 15.1. The number of rotatable bonds is 3. The van der Waals surface area contributed by atoms with E-state index in [1.165, 1.54) is 10.9 Å². The SMILES string of the molecule is Cc1nc(N)c2ncn([C@@H]3OC4COP(=O)(OC(C)C)O[C@H]4[C@@H]3F)c2n1. The van der Waals surface area contributed by atoms with Crippen LogP contribution >= 0.6 is 7.82 Å². The monoisotopic (exact) mass is 387 g/mol. The molecule has 4 rings (SSSR count). The molecule has 2 aromatic heterocycles. The van der Waals surface area contributed by atoms with Gasteiger partial charge in [0.05, 0.1) is 19.0 Å². The molecule has 4 heterocycles. The first-order valence-electron chi connectivity index (χ1n) is 8.15. The van der Waals surface area contributed by atoms with Crippen LogP contribution in [0.2, 0.25) is 0 Å². The first-order valence-corrected chi connectivity index (χ1v) is 9.61. The number of aryl methyl sites for hydroxylation is 1. The number of hydrogen-bond acceptors (Lipinski definition) is 9. The van der Waals surface area contributed by atoms with Gasteiger partial charge in [-0.15, -0.1) is 0 Å². The summed E-state index contributed by atoms with van der Waals surface area (Å²) in [6.07, 6.45) is -3.52. The minimum absolute atomic E-state index is 0.103. The second kappa shape index (κ2) is 6.21. The zero-order chi connectivity index (χ0) is 18.6. The van der Waals surface area contributed by atoms with Gasteiger partial charge >= 0.3 is 7.82 Å². The Bertz CT molecular complexity index is 892. The molecule has 0 saturated carbocycles. The summed E-state index contributed by atoms with van der Waals surface area (Å²) in [5, 5.41) is 0. The van der Waals surface area contributed by atoms with E-state index in [-0.39, 0.29) is 12.4 Å². The fourth-order valence-electron chi connectivity index (χ4n) is 3.07. The zero-order valence-electron chi connectivity index (χ0n) is 14.4. The highest BCUT2D eigenvalue weighted by molar-refractivity contribution is 7.48. The Balaban J connectivity index is 1.64. The van der Waals surface area contributed by atoms with Crippen LogP contribution in [-0.2, 0) is 22.9 Å². The van der Waals surface area contributed by atoms with Crippen LogP contribution in [0.15, 0.2) is 6.33 Å². The number of hydrogen-bond donors (Lipinski definition) is 1. The Labute approximate surface area is 148 Å². The highest BCUT2D eigenvalue weighted by atomic mass is 31.2. The molecule has 2 unspecified atom stereocenters. The number of halogens is 1. The van der Waals surface area contributed by atoms with Crippen molar-refractivity contribution in [2.45, 2.75) is 51.5 Å². The largest absolute Gasteiger partial charge is 0.475 e. The number of alkyl halides is 1. The summed E-state index contributed by atoms with van der Waals surface area (Å²) in [5.74, 6) is 0.628. The maximum atomic E-state index is 15.1. The van der Waals surface area contributed by atoms with Gasteiger partial charge in [0.1, 0.15) is 23.5 Å². The number of fused-ring (bicyclic) bond motifs is 2. The maximum Gasteiger partial charge on any atom is 0.475 e. The van der Waals surface area contributed by atoms with Gasteiger partial charge in [0, 0.05) is 0 Å². The predicted octanol–water partition coefficient (Wildman–Crippen LogP) is 1.90. The summed E-state index contributed by atoms with van der Waals surface area (Å²) in [5.41, 5.74) is 6.55. The molecule has 0 aromatic carbocycles. The van der Waals surface area contributed by atoms with Gasteiger partial charge in [-0.1, -0.05) is 0 Å². The molecule has 2 aromatic rings. The van der Waals surface area contributed by atoms with Gasteiger partial charge in [0.25, 0.3) is 0 Å². The van der Waals surface area contributed by atoms with Gasteiger partial charge in [-0.3, -0.25) is 18.1 Å². The van der Waals surface area contributed by atoms with Crippen molar-refractivity contribution >= 4 is 24.8 Å². The van der Waals surface area contributed by atoms with E-state index in [4.69, 9.17) is 24.0 Å². The molecule has 142 valence electrons. The Morgan fingerprint density at radius 3 is 2.96 bits per heavy atom. The predicted molar refractivity (Wildman–Crippen MR) is 87.9 cm³/mol. The van der Waals surface area contributed by atoms with Gasteiger partial charge in [-0.05, 0) is 20.8 Å². The Morgan fingerprint density at radius 2 is 2.23 bits per heavy atom. The Morgan fingerprint density at radius 1 is 1.46 bits per heavy atom. The molecule has 2 saturated heterocycles. The smallest absolute Gasteiger partial charge is 0.382 e. The summed E-state index contributed by atoms with van der Waals surface area (Å²) in [4.78, 5) is 12.4. The molecule has 12 heteroatoms. The molecular weight excluding hydrogens is 368 g/mol. The normalized spacial score (nSPS) is 34.5. The van der Waals surface area contributed by atoms with Crippen LogP contribution in [-0.4, -0.2) is 50.6 Å². The number of anilines is 1. The summed E-state index contributed by atoms with van der Waals surface area (Å²) in [7, 11) is -3.83. The van der Waals surface area contributed by atoms with Crippen molar-refractivity contribution in [1.29, 1.82) is 0 Å². The molecule has 0 amide bonds. The van der Waals surface area contributed by atoms with E-state index in [1.807, 2.05) is 0 Å². The van der Waals surface area contributed by atoms with E-state index in [1.54, 1.807) is 20.8 Å². The van der Waals surface area contributed by atoms with Crippen molar-refractivity contribution in [2.75, 3.05) is 12.3 Å². The second-order valence-corrected chi connectivity index (χ2v) is 8.03. The number of imidazole rings is 1. The van der Waals surface area contributed by atoms with Crippen LogP contribution < -0.4 is 5.73 Å². The van der Waals surface area contributed by atoms with Crippen LogP contribution in [0.25, 0.3) is 11.2 Å². The quantitative estimate of drug-likeness (QED) is 0.786. The number of nitrogen functional groups attached to an aromatic ring is 1. The molecule has 5 atom stereocenters. The second-order valence-electron chi connectivity index (χ2n) is 6.46. The number of nitrogens with two attached hydrogens (primary N) is 1. The molecule has 0 spiro atoms. The van der Waals surface area contributed by atoms with Crippen molar-refractivity contribution in [2.24, 2.45) is 0 Å². The number of ether oxygens (including phenoxy) is 1. The van der Waals surface area contributed by atoms with Gasteiger partial charge in [0.2, 0.25) is 0 Å². The number of phosphoric ester groups is 1. The van der Waals surface area contributed by atoms with Gasteiger partial charge in [0.15, 0.2) is 23.9 Å². The first kappa shape index (κ1) is 17.7. The van der Waals surface area contributed by atoms with E-state index in [2.05, 4.69) is 15.0 Å². The molecule has 2 aliphatic rings. The van der Waals surface area contributed by atoms with Crippen molar-refractivity contribution < 1.29 is 27.3 Å². The third-order valence-corrected chi connectivity index (χ3v) is 5.74. The summed E-state index contributed by atoms with van der Waals surface area (Å²) in [6, 6.07) is 0. The van der Waals surface area contributed by atoms with E-state index < -0.39 is 38.5 Å². The van der Waals surface area contributed by atoms with Crippen molar-refractivity contribution in [1.82, 2.24) is 19.5 Å². The fraction of sp³-hybridized carbons (Fsp3) is 0.643. The standard InChI is InChI=1S/C14H19FN5O5P/c1-6(2)24-26(21)22-4-8-11(25-26)9(15)14(23-8)20-5-17-10-12(16)18-7(3)19-13(10)20/h5-6,8-9,11,14H,4H2,1-3H3,(H2,16,18,19)/t8?,9-,11+,14+,26?/m0/s1. The lowest BCUT2D eigenvalue weighted by molar-refractivity contribution is -0.0733. The molecule has 10 nitrogen and oxygen atoms in total. The molecule has 2 aliphatic heterocycles. The summed E-state index contributed by atoms with van der Waals surface area (Å²) in [6.45, 7) is 4.94. The third kappa shape index (κ3) is 2.89. The van der Waals surface area contributed by atoms with Crippen LogP contribution in [0.4, 0.5) is 10.2 Å². The average molecular weight is 387 g/mol. The van der Waals surface area contributed by atoms with E-state index in [0.717, 1.165) is 0 Å². The van der Waals surface area contributed by atoms with Crippen molar-refractivity contribution in [3.63, 3.8) is 0 Å². The third-order valence-electron chi connectivity index (χ3n) is 4.09. The number of aromatic nitrogens is 4. The Hall–Kier alpha value is -1.65. The average Bonchev–Trinajstić information content (AvgIpc) is 3.08. The zero-order valence-corrected chi connectivity index (χ0v) is 15.3. The topological polar surface area (TPSA) is 124 Å². The lowest BCUT2D eigenvalue weighted by Crippen LogP contribution is -2.38. The van der Waals surface area contributed by atoms with Crippen molar-refractivity contribution in [3.05, 3.63) is 12.2 Å². The van der Waals surface area contributed by atoms with Crippen LogP contribution in [0.3, 0.4) is 0 Å². The molecular formula is C14H19FN5O5P. The molecule has 0 aliphatic carbocycles. The van der Waals surface area contributed by atoms with E-state index in [9.17, 15) is 4.57 Å². The van der Waals surface area contributed by atoms with E-state index >= 15 is 4.39 Å². The lowest BCUT2D eigenvalue weighted by atomic mass is 10.1. The van der Waals surface area contributed by atoms with Crippen LogP contribution in [0, 0.1) is 6.92 Å². The molecule has 26 heavy (non-hydrogen) atoms. The van der Waals surface area contributed by atoms with Gasteiger partial charge in [-0.2, -0.15) is 0 Å². The van der Waals surface area contributed by atoms with Crippen LogP contribution in [0.1, 0.15) is 25.9 Å². The molecule has 0 radical (unpaired) electrons. The summed E-state index contributed by atoms with van der Waals surface area (Å²) < 4.78 is 50.4. The number of phosphoric acid groups is 1. The van der Waals surface area contributed by atoms with E-state index in [0.29, 0.717) is 17.0 Å². The van der Waals surface area contributed by atoms with Crippen LogP contribution in [0.5, 0.6) is 0 Å². The lowest BCUT2D eigenvalue weighted by Gasteiger charge is -2.31. The minimum atomic E-state index is -3.83. The first-order chi connectivity index (χ1) is 12.3. The molecule has 2 N–H and O–H groups in total. The molecule has 2 fully saturated rings. The van der Waals surface area contributed by atoms with Crippen molar-refractivity contribution in [3.8, 4) is 0 Å². The number of nitrogens with zero attached hydrogens (tertiary/aromatic N) is 4. The fourth-order valence-corrected chi connectivity index (χ4v) is 4.64. The molecule has 0 bridgehead atoms. The highest BCUT2D eigenvalue weighted by Gasteiger charge is 2.54. The minimum Gasteiger partial charge on any atom is -0.382 e. The summed E-state index contributed by atoms with van der Waals surface area (Å²) >= 11 is 0. The van der Waals surface area contributed by atoms with Gasteiger partial charge in [-0.25, -0.2) is 23.9 Å².